The van der Waals surface area contributed by atoms with Crippen molar-refractivity contribution in [1.82, 2.24) is 4.90 Å². The molecule has 0 radical (unpaired) electrons. The summed E-state index contributed by atoms with van der Waals surface area (Å²) < 4.78 is 48.6. The first kappa shape index (κ1) is 15.4. The first-order chi connectivity index (χ1) is 9.63. The van der Waals surface area contributed by atoms with E-state index >= 15 is 0 Å². The third-order valence-corrected chi connectivity index (χ3v) is 3.24. The molecule has 1 amide bonds. The van der Waals surface area contributed by atoms with Gasteiger partial charge >= 0.3 is 6.18 Å². The highest BCUT2D eigenvalue weighted by atomic mass is 19.4. The highest BCUT2D eigenvalue weighted by Gasteiger charge is 2.54. The van der Waals surface area contributed by atoms with Crippen molar-refractivity contribution < 1.29 is 27.4 Å². The highest BCUT2D eigenvalue weighted by molar-refractivity contribution is 5.86. The second kappa shape index (κ2) is 5.10. The van der Waals surface area contributed by atoms with Crippen LogP contribution in [-0.4, -0.2) is 36.4 Å². The lowest BCUT2D eigenvalue weighted by Crippen LogP contribution is -2.61. The van der Waals surface area contributed by atoms with Gasteiger partial charge in [0.05, 0.1) is 0 Å². The third kappa shape index (κ3) is 2.90. The fourth-order valence-corrected chi connectivity index (χ4v) is 1.90. The van der Waals surface area contributed by atoms with Gasteiger partial charge in [0.25, 0.3) is 5.91 Å². The molecule has 2 rings (SSSR count). The predicted octanol–water partition coefficient (Wildman–Crippen LogP) is 1.65. The van der Waals surface area contributed by atoms with Crippen molar-refractivity contribution in [3.8, 4) is 11.5 Å². The number of carbonyl (C=O) groups is 1. The maximum atomic E-state index is 12.8. The normalized spacial score (nSPS) is 16.5. The minimum absolute atomic E-state index is 0.0155. The average molecular weight is 304 g/mol. The minimum atomic E-state index is -4.81. The smallest absolute Gasteiger partial charge is 0.415 e. The number of ether oxygens (including phenoxy) is 2. The number of nitrogens with zero attached hydrogens (tertiary/aromatic N) is 1. The maximum absolute atomic E-state index is 12.8. The molecule has 0 saturated heterocycles. The molecule has 1 heterocycles. The molecular weight excluding hydrogens is 289 g/mol. The van der Waals surface area contributed by atoms with Crippen LogP contribution < -0.4 is 15.2 Å². The summed E-state index contributed by atoms with van der Waals surface area (Å²) in [5.74, 6) is -0.140. The Balaban J connectivity index is 2.11. The number of alkyl halides is 3. The minimum Gasteiger partial charge on any atom is -0.454 e. The Bertz CT molecular complexity index is 558. The molecule has 0 fully saturated rings. The standard InChI is InChI=1S/C13H15F3N2O3/c1-12(17,13(14,15)16)11(19)18(2)6-8-3-4-9-10(5-8)21-7-20-9/h3-5H,6-7,17H2,1-2H3. The van der Waals surface area contributed by atoms with Gasteiger partial charge in [-0.05, 0) is 24.6 Å². The van der Waals surface area contributed by atoms with Gasteiger partial charge in [0.15, 0.2) is 17.0 Å². The zero-order chi connectivity index (χ0) is 15.8. The Labute approximate surface area is 119 Å². The lowest BCUT2D eigenvalue weighted by Gasteiger charge is -2.30. The fraction of sp³-hybridized carbons (Fsp3) is 0.462. The van der Waals surface area contributed by atoms with E-state index in [1.165, 1.54) is 7.05 Å². The number of likely N-dealkylation sites (N-methyl/N-ethyl adjacent to an activating group) is 1. The molecule has 116 valence electrons. The Hall–Kier alpha value is -1.96. The van der Waals surface area contributed by atoms with Gasteiger partial charge < -0.3 is 20.1 Å². The van der Waals surface area contributed by atoms with Crippen LogP contribution in [0, 0.1) is 0 Å². The van der Waals surface area contributed by atoms with Gasteiger partial charge in [-0.25, -0.2) is 0 Å². The zero-order valence-electron chi connectivity index (χ0n) is 11.5. The molecule has 0 spiro atoms. The summed E-state index contributed by atoms with van der Waals surface area (Å²) in [6.07, 6.45) is -4.81. The largest absolute Gasteiger partial charge is 0.454 e. The molecule has 1 atom stereocenters. The molecule has 0 aromatic heterocycles. The van der Waals surface area contributed by atoms with E-state index in [1.54, 1.807) is 18.2 Å². The van der Waals surface area contributed by atoms with E-state index in [1.807, 2.05) is 0 Å². The highest BCUT2D eigenvalue weighted by Crippen LogP contribution is 2.33. The summed E-state index contributed by atoms with van der Waals surface area (Å²) in [4.78, 5) is 12.8. The molecule has 1 aromatic carbocycles. The summed E-state index contributed by atoms with van der Waals surface area (Å²) in [7, 11) is 1.27. The van der Waals surface area contributed by atoms with Crippen molar-refractivity contribution in [3.05, 3.63) is 23.8 Å². The molecule has 1 aromatic rings. The van der Waals surface area contributed by atoms with Gasteiger partial charge in [-0.3, -0.25) is 4.79 Å². The number of nitrogens with two attached hydrogens (primary N) is 1. The van der Waals surface area contributed by atoms with E-state index in [0.29, 0.717) is 24.0 Å². The summed E-state index contributed by atoms with van der Waals surface area (Å²) >= 11 is 0. The summed E-state index contributed by atoms with van der Waals surface area (Å²) in [6, 6.07) is 4.91. The van der Waals surface area contributed by atoms with E-state index in [4.69, 9.17) is 15.2 Å². The topological polar surface area (TPSA) is 64.8 Å². The van der Waals surface area contributed by atoms with Gasteiger partial charge in [0.1, 0.15) is 0 Å². The van der Waals surface area contributed by atoms with Crippen molar-refractivity contribution in [2.45, 2.75) is 25.2 Å². The molecule has 1 aliphatic heterocycles. The van der Waals surface area contributed by atoms with Crippen molar-refractivity contribution in [1.29, 1.82) is 0 Å². The Kier molecular flexibility index (Phi) is 3.75. The van der Waals surface area contributed by atoms with E-state index < -0.39 is 17.6 Å². The monoisotopic (exact) mass is 304 g/mol. The Morgan fingerprint density at radius 3 is 2.57 bits per heavy atom. The average Bonchev–Trinajstić information content (AvgIpc) is 2.83. The van der Waals surface area contributed by atoms with Crippen LogP contribution in [0.1, 0.15) is 12.5 Å². The fourth-order valence-electron chi connectivity index (χ4n) is 1.90. The molecule has 1 aliphatic rings. The Morgan fingerprint density at radius 1 is 1.33 bits per heavy atom. The molecule has 1 unspecified atom stereocenters. The molecule has 0 aliphatic carbocycles. The lowest BCUT2D eigenvalue weighted by atomic mass is 10.0. The first-order valence-corrected chi connectivity index (χ1v) is 6.12. The summed E-state index contributed by atoms with van der Waals surface area (Å²) in [5, 5.41) is 0. The molecule has 2 N–H and O–H groups in total. The van der Waals surface area contributed by atoms with Gasteiger partial charge in [0, 0.05) is 13.6 Å². The number of amides is 1. The molecular formula is C13H15F3N2O3. The number of halogens is 3. The second-order valence-corrected chi connectivity index (χ2v) is 5.05. The van der Waals surface area contributed by atoms with Crippen LogP contribution in [0.15, 0.2) is 18.2 Å². The molecule has 0 bridgehead atoms. The van der Waals surface area contributed by atoms with Crippen LogP contribution in [-0.2, 0) is 11.3 Å². The molecule has 8 heteroatoms. The molecule has 5 nitrogen and oxygen atoms in total. The van der Waals surface area contributed by atoms with E-state index in [9.17, 15) is 18.0 Å². The summed E-state index contributed by atoms with van der Waals surface area (Å²) in [6.45, 7) is 0.742. The van der Waals surface area contributed by atoms with Gasteiger partial charge in [0.2, 0.25) is 6.79 Å². The quantitative estimate of drug-likeness (QED) is 0.922. The SMILES string of the molecule is CN(Cc1ccc2c(c1)OCO2)C(=O)C(C)(N)C(F)(F)F. The number of hydrogen-bond acceptors (Lipinski definition) is 4. The maximum Gasteiger partial charge on any atom is 0.415 e. The molecule has 21 heavy (non-hydrogen) atoms. The third-order valence-electron chi connectivity index (χ3n) is 3.24. The van der Waals surface area contributed by atoms with Crippen LogP contribution >= 0.6 is 0 Å². The van der Waals surface area contributed by atoms with E-state index in [0.717, 1.165) is 4.90 Å². The second-order valence-electron chi connectivity index (χ2n) is 5.05. The van der Waals surface area contributed by atoms with Crippen LogP contribution in [0.3, 0.4) is 0 Å². The molecule has 0 saturated carbocycles. The van der Waals surface area contributed by atoms with Gasteiger partial charge in [-0.15, -0.1) is 0 Å². The van der Waals surface area contributed by atoms with Crippen molar-refractivity contribution in [3.63, 3.8) is 0 Å². The van der Waals surface area contributed by atoms with Crippen molar-refractivity contribution in [2.75, 3.05) is 13.8 Å². The van der Waals surface area contributed by atoms with Crippen molar-refractivity contribution in [2.24, 2.45) is 5.73 Å². The number of carbonyl (C=O) groups excluding carboxylic acids is 1. The number of rotatable bonds is 3. The van der Waals surface area contributed by atoms with E-state index in [-0.39, 0.29) is 13.3 Å². The van der Waals surface area contributed by atoms with Crippen molar-refractivity contribution >= 4 is 5.91 Å². The first-order valence-electron chi connectivity index (χ1n) is 6.12. The van der Waals surface area contributed by atoms with Crippen LogP contribution in [0.25, 0.3) is 0 Å². The Morgan fingerprint density at radius 2 is 1.95 bits per heavy atom. The van der Waals surface area contributed by atoms with E-state index in [2.05, 4.69) is 0 Å². The van der Waals surface area contributed by atoms with Crippen LogP contribution in [0.5, 0.6) is 11.5 Å². The van der Waals surface area contributed by atoms with Crippen LogP contribution in [0.2, 0.25) is 0 Å². The lowest BCUT2D eigenvalue weighted by molar-refractivity contribution is -0.193. The van der Waals surface area contributed by atoms with Gasteiger partial charge in [-0.2, -0.15) is 13.2 Å². The summed E-state index contributed by atoms with van der Waals surface area (Å²) in [5.41, 5.74) is 2.82. The number of benzene rings is 1. The number of hydrogen-bond donors (Lipinski definition) is 1. The number of fused-ring (bicyclic) bond motifs is 1. The van der Waals surface area contributed by atoms with Crippen LogP contribution in [0.4, 0.5) is 13.2 Å². The predicted molar refractivity (Wildman–Crippen MR) is 67.7 cm³/mol. The van der Waals surface area contributed by atoms with Gasteiger partial charge in [-0.1, -0.05) is 6.07 Å². The zero-order valence-corrected chi connectivity index (χ0v) is 11.5.